The third kappa shape index (κ3) is 3.00. The zero-order valence-electron chi connectivity index (χ0n) is 14.5. The van der Waals surface area contributed by atoms with Crippen molar-refractivity contribution in [1.82, 2.24) is 25.1 Å². The fourth-order valence-electron chi connectivity index (χ4n) is 2.79. The summed E-state index contributed by atoms with van der Waals surface area (Å²) in [6.07, 6.45) is 1.88. The summed E-state index contributed by atoms with van der Waals surface area (Å²) >= 11 is 0. The highest BCUT2D eigenvalue weighted by atomic mass is 15.2. The second-order valence-corrected chi connectivity index (χ2v) is 6.62. The first-order valence-electron chi connectivity index (χ1n) is 8.41. The van der Waals surface area contributed by atoms with Gasteiger partial charge in [0.25, 0.3) is 0 Å². The van der Waals surface area contributed by atoms with Crippen molar-refractivity contribution in [2.45, 2.75) is 20.8 Å². The Kier molecular flexibility index (Phi) is 3.76. The highest BCUT2D eigenvalue weighted by molar-refractivity contribution is 5.89. The van der Waals surface area contributed by atoms with Gasteiger partial charge >= 0.3 is 0 Å². The molecule has 0 fully saturated rings. The maximum Gasteiger partial charge on any atom is 0.231 e. The van der Waals surface area contributed by atoms with Gasteiger partial charge in [0, 0.05) is 29.5 Å². The van der Waals surface area contributed by atoms with Gasteiger partial charge in [-0.3, -0.25) is 5.10 Å². The average Bonchev–Trinajstić information content (AvgIpc) is 3.19. The van der Waals surface area contributed by atoms with E-state index in [1.54, 1.807) is 0 Å². The molecule has 0 aliphatic carbocycles. The predicted molar refractivity (Wildman–Crippen MR) is 101 cm³/mol. The van der Waals surface area contributed by atoms with Crippen LogP contribution in [0.3, 0.4) is 0 Å². The summed E-state index contributed by atoms with van der Waals surface area (Å²) in [6, 6.07) is 8.03. The van der Waals surface area contributed by atoms with Crippen LogP contribution in [0.1, 0.15) is 19.5 Å². The number of fused-ring (bicyclic) bond motifs is 2. The summed E-state index contributed by atoms with van der Waals surface area (Å²) in [4.78, 5) is 12.4. The van der Waals surface area contributed by atoms with Crippen molar-refractivity contribution >= 4 is 39.4 Å². The lowest BCUT2D eigenvalue weighted by Gasteiger charge is -2.11. The molecule has 0 radical (unpaired) electrons. The molecular weight excluding hydrogens is 314 g/mol. The smallest absolute Gasteiger partial charge is 0.231 e. The van der Waals surface area contributed by atoms with Crippen LogP contribution in [0.25, 0.3) is 21.9 Å². The molecule has 1 aromatic carbocycles. The van der Waals surface area contributed by atoms with Crippen LogP contribution < -0.4 is 10.6 Å². The number of anilines is 3. The largest absolute Gasteiger partial charge is 0.369 e. The van der Waals surface area contributed by atoms with Crippen LogP contribution in [0, 0.1) is 12.8 Å². The zero-order chi connectivity index (χ0) is 17.4. The molecule has 0 amide bonds. The Balaban J connectivity index is 1.67. The highest BCUT2D eigenvalue weighted by Gasteiger charge is 2.10. The Bertz CT molecular complexity index is 1030. The van der Waals surface area contributed by atoms with Crippen molar-refractivity contribution in [2.24, 2.45) is 5.92 Å². The lowest BCUT2D eigenvalue weighted by atomic mass is 10.2. The number of aryl methyl sites for hydroxylation is 1. The Labute approximate surface area is 145 Å². The fraction of sp³-hybridized carbons (Fsp3) is 0.278. The van der Waals surface area contributed by atoms with Crippen LogP contribution in [0.4, 0.5) is 17.5 Å². The number of hydrogen-bond acceptors (Lipinski definition) is 5. The molecule has 0 atom stereocenters. The van der Waals surface area contributed by atoms with E-state index in [0.29, 0.717) is 11.9 Å². The van der Waals surface area contributed by atoms with Crippen molar-refractivity contribution in [3.8, 4) is 0 Å². The Morgan fingerprint density at radius 3 is 2.84 bits per heavy atom. The van der Waals surface area contributed by atoms with Crippen molar-refractivity contribution in [3.63, 3.8) is 0 Å². The maximum absolute atomic E-state index is 4.64. The molecular formula is C18H21N7. The quantitative estimate of drug-likeness (QED) is 0.443. The molecule has 0 aliphatic rings. The molecule has 0 saturated carbocycles. The van der Waals surface area contributed by atoms with E-state index in [-0.39, 0.29) is 0 Å². The van der Waals surface area contributed by atoms with E-state index in [1.165, 1.54) is 0 Å². The van der Waals surface area contributed by atoms with Crippen LogP contribution in [0.2, 0.25) is 0 Å². The molecule has 0 spiro atoms. The molecule has 4 N–H and O–H groups in total. The highest BCUT2D eigenvalue weighted by Crippen LogP contribution is 2.25. The Morgan fingerprint density at radius 1 is 1.12 bits per heavy atom. The number of nitrogens with one attached hydrogen (secondary N) is 4. The van der Waals surface area contributed by atoms with E-state index < -0.39 is 0 Å². The van der Waals surface area contributed by atoms with Gasteiger partial charge in [-0.15, -0.1) is 0 Å². The summed E-state index contributed by atoms with van der Waals surface area (Å²) in [7, 11) is 0. The number of benzene rings is 1. The molecule has 4 aromatic rings. The molecule has 3 heterocycles. The Morgan fingerprint density at radius 2 is 2.00 bits per heavy atom. The molecule has 0 unspecified atom stereocenters. The van der Waals surface area contributed by atoms with Crippen LogP contribution in [-0.4, -0.2) is 31.7 Å². The summed E-state index contributed by atoms with van der Waals surface area (Å²) in [6.45, 7) is 7.21. The van der Waals surface area contributed by atoms with E-state index in [4.69, 9.17) is 0 Å². The number of aromatic nitrogens is 5. The monoisotopic (exact) mass is 335 g/mol. The standard InChI is InChI=1S/C18H21N7/c1-10(2)9-20-17-14-6-7-19-16(14)22-18(23-17)21-12-4-5-13-11(3)24-25-15(13)8-12/h4-8,10H,9H2,1-3H3,(H,24,25)(H3,19,20,21,22,23). The summed E-state index contributed by atoms with van der Waals surface area (Å²) in [5.74, 6) is 1.91. The van der Waals surface area contributed by atoms with Gasteiger partial charge in [0.1, 0.15) is 11.5 Å². The zero-order valence-corrected chi connectivity index (χ0v) is 14.5. The summed E-state index contributed by atoms with van der Waals surface area (Å²) < 4.78 is 0. The van der Waals surface area contributed by atoms with Gasteiger partial charge in [0.2, 0.25) is 5.95 Å². The number of hydrogen-bond donors (Lipinski definition) is 4. The van der Waals surface area contributed by atoms with Crippen LogP contribution in [0.15, 0.2) is 30.5 Å². The molecule has 3 aromatic heterocycles. The number of aromatic amines is 2. The molecule has 7 heteroatoms. The van der Waals surface area contributed by atoms with E-state index in [0.717, 1.165) is 45.7 Å². The molecule has 0 bridgehead atoms. The third-order valence-electron chi connectivity index (χ3n) is 4.10. The predicted octanol–water partition coefficient (Wildman–Crippen LogP) is 3.95. The summed E-state index contributed by atoms with van der Waals surface area (Å²) in [5.41, 5.74) is 3.69. The number of H-pyrrole nitrogens is 2. The van der Waals surface area contributed by atoms with Crippen LogP contribution in [-0.2, 0) is 0 Å². The minimum atomic E-state index is 0.533. The minimum Gasteiger partial charge on any atom is -0.369 e. The molecule has 25 heavy (non-hydrogen) atoms. The van der Waals surface area contributed by atoms with Gasteiger partial charge in [-0.1, -0.05) is 13.8 Å². The lowest BCUT2D eigenvalue weighted by Crippen LogP contribution is -2.10. The maximum atomic E-state index is 4.64. The van der Waals surface area contributed by atoms with Gasteiger partial charge < -0.3 is 15.6 Å². The molecule has 0 saturated heterocycles. The van der Waals surface area contributed by atoms with Crippen LogP contribution in [0.5, 0.6) is 0 Å². The fourth-order valence-corrected chi connectivity index (χ4v) is 2.79. The molecule has 0 aliphatic heterocycles. The van der Waals surface area contributed by atoms with Crippen molar-refractivity contribution < 1.29 is 0 Å². The lowest BCUT2D eigenvalue weighted by molar-refractivity contribution is 0.687. The van der Waals surface area contributed by atoms with Gasteiger partial charge in [-0.2, -0.15) is 15.1 Å². The number of nitrogens with zero attached hydrogens (tertiary/aromatic N) is 3. The first-order chi connectivity index (χ1) is 12.1. The number of rotatable bonds is 5. The topological polar surface area (TPSA) is 94.3 Å². The summed E-state index contributed by atoms with van der Waals surface area (Å²) in [5, 5.41) is 16.1. The molecule has 128 valence electrons. The van der Waals surface area contributed by atoms with E-state index >= 15 is 0 Å². The molecule has 4 rings (SSSR count). The SMILES string of the molecule is Cc1[nH]nc2cc(Nc3nc(NCC(C)C)c4cc[nH]c4n3)ccc12. The second kappa shape index (κ2) is 6.08. The first kappa shape index (κ1) is 15.4. The van der Waals surface area contributed by atoms with Crippen LogP contribution >= 0.6 is 0 Å². The van der Waals surface area contributed by atoms with Gasteiger partial charge in [0.05, 0.1) is 10.9 Å². The van der Waals surface area contributed by atoms with Crippen molar-refractivity contribution in [2.75, 3.05) is 17.2 Å². The average molecular weight is 335 g/mol. The van der Waals surface area contributed by atoms with Crippen molar-refractivity contribution in [1.29, 1.82) is 0 Å². The Hall–Kier alpha value is -3.09. The third-order valence-corrected chi connectivity index (χ3v) is 4.10. The van der Waals surface area contributed by atoms with E-state index in [1.807, 2.05) is 37.4 Å². The van der Waals surface area contributed by atoms with Gasteiger partial charge in [-0.05, 0) is 37.1 Å². The van der Waals surface area contributed by atoms with Gasteiger partial charge in [0.15, 0.2) is 0 Å². The van der Waals surface area contributed by atoms with Gasteiger partial charge in [-0.25, -0.2) is 0 Å². The first-order valence-corrected chi connectivity index (χ1v) is 8.41. The second-order valence-electron chi connectivity index (χ2n) is 6.62. The minimum absolute atomic E-state index is 0.533. The van der Waals surface area contributed by atoms with E-state index in [9.17, 15) is 0 Å². The normalized spacial score (nSPS) is 11.5. The van der Waals surface area contributed by atoms with Crippen molar-refractivity contribution in [3.05, 3.63) is 36.2 Å². The molecule has 7 nitrogen and oxygen atoms in total. The van der Waals surface area contributed by atoms with E-state index in [2.05, 4.69) is 49.6 Å².